The molecule has 0 saturated carbocycles. The predicted octanol–water partition coefficient (Wildman–Crippen LogP) is 5.73. The van der Waals surface area contributed by atoms with Gasteiger partial charge in [-0.3, -0.25) is 4.79 Å². The monoisotopic (exact) mass is 543 g/mol. The van der Waals surface area contributed by atoms with Gasteiger partial charge in [0.25, 0.3) is 5.91 Å². The number of piperazine rings is 1. The molecule has 0 bridgehead atoms. The summed E-state index contributed by atoms with van der Waals surface area (Å²) in [6, 6.07) is 11.0. The van der Waals surface area contributed by atoms with E-state index in [0.29, 0.717) is 36.0 Å². The number of nitrogens with zero attached hydrogens (tertiary/aromatic N) is 4. The molecule has 5 rings (SSSR count). The molecule has 4 aromatic rings. The summed E-state index contributed by atoms with van der Waals surface area (Å²) in [7, 11) is 1.59. The van der Waals surface area contributed by atoms with Crippen LogP contribution in [0.2, 0.25) is 0 Å². The molecular weight excluding hydrogens is 515 g/mol. The second-order valence-electron chi connectivity index (χ2n) is 9.69. The third-order valence-corrected chi connectivity index (χ3v) is 7.89. The van der Waals surface area contributed by atoms with Gasteiger partial charge in [0.2, 0.25) is 5.13 Å². The summed E-state index contributed by atoms with van der Waals surface area (Å²) in [6.07, 6.45) is -4.55. The van der Waals surface area contributed by atoms with Gasteiger partial charge in [-0.1, -0.05) is 37.3 Å². The van der Waals surface area contributed by atoms with Crippen LogP contribution in [0, 0.1) is 0 Å². The number of methoxy groups -OCH3 is 1. The van der Waals surface area contributed by atoms with Crippen LogP contribution in [-0.2, 0) is 6.18 Å². The van der Waals surface area contributed by atoms with E-state index in [1.165, 1.54) is 22.1 Å². The zero-order chi connectivity index (χ0) is 27.2. The van der Waals surface area contributed by atoms with Crippen molar-refractivity contribution in [1.29, 1.82) is 0 Å². The molecule has 1 N–H and O–H groups in total. The van der Waals surface area contributed by atoms with Gasteiger partial charge in [0.15, 0.2) is 5.69 Å². The smallest absolute Gasteiger partial charge is 0.416 e. The van der Waals surface area contributed by atoms with Gasteiger partial charge in [-0.15, -0.1) is 0 Å². The third kappa shape index (κ3) is 4.88. The number of rotatable bonds is 5. The summed E-state index contributed by atoms with van der Waals surface area (Å²) >= 11 is 1.41. The average molecular weight is 544 g/mol. The number of aromatic nitrogens is 3. The molecule has 7 nitrogen and oxygen atoms in total. The van der Waals surface area contributed by atoms with Crippen molar-refractivity contribution in [1.82, 2.24) is 25.0 Å². The molecule has 1 amide bonds. The largest absolute Gasteiger partial charge is 0.497 e. The number of carbonyl (C=O) groups is 1. The number of amides is 1. The van der Waals surface area contributed by atoms with Gasteiger partial charge in [-0.05, 0) is 43.2 Å². The number of alkyl halides is 3. The summed E-state index contributed by atoms with van der Waals surface area (Å²) in [5.74, 6) is 0.425. The molecule has 0 spiro atoms. The van der Waals surface area contributed by atoms with Crippen molar-refractivity contribution in [2.75, 3.05) is 26.7 Å². The average Bonchev–Trinajstić information content (AvgIpc) is 3.50. The molecule has 38 heavy (non-hydrogen) atoms. The molecule has 11 heteroatoms. The van der Waals surface area contributed by atoms with Crippen molar-refractivity contribution in [3.8, 4) is 22.1 Å². The topological polar surface area (TPSA) is 72.3 Å². The Labute approximate surface area is 222 Å². The molecule has 0 radical (unpaired) electrons. The Bertz CT molecular complexity index is 1490. The third-order valence-electron chi connectivity index (χ3n) is 6.56. The highest BCUT2D eigenvalue weighted by atomic mass is 32.1. The minimum Gasteiger partial charge on any atom is -0.497 e. The van der Waals surface area contributed by atoms with Gasteiger partial charge >= 0.3 is 6.18 Å². The Morgan fingerprint density at radius 3 is 2.68 bits per heavy atom. The molecule has 1 unspecified atom stereocenters. The van der Waals surface area contributed by atoms with Crippen molar-refractivity contribution < 1.29 is 22.7 Å². The van der Waals surface area contributed by atoms with E-state index in [-0.39, 0.29) is 23.0 Å². The fourth-order valence-corrected chi connectivity index (χ4v) is 5.70. The number of carbonyl (C=O) groups excluding carboxylic acids is 1. The van der Waals surface area contributed by atoms with Gasteiger partial charge < -0.3 is 15.0 Å². The first-order chi connectivity index (χ1) is 18.1. The highest BCUT2D eigenvalue weighted by Gasteiger charge is 2.33. The molecule has 1 saturated heterocycles. The second kappa shape index (κ2) is 10.0. The van der Waals surface area contributed by atoms with E-state index < -0.39 is 17.6 Å². The van der Waals surface area contributed by atoms with E-state index in [1.54, 1.807) is 12.0 Å². The van der Waals surface area contributed by atoms with Crippen LogP contribution >= 0.6 is 11.3 Å². The molecule has 1 fully saturated rings. The fourth-order valence-electron chi connectivity index (χ4n) is 4.64. The summed E-state index contributed by atoms with van der Waals surface area (Å²) < 4.78 is 47.8. The molecule has 1 atom stereocenters. The van der Waals surface area contributed by atoms with E-state index in [4.69, 9.17) is 9.72 Å². The Kier molecular flexibility index (Phi) is 6.91. The molecule has 3 heterocycles. The first-order valence-corrected chi connectivity index (χ1v) is 13.2. The fraction of sp³-hybridized carbons (Fsp3) is 0.370. The Morgan fingerprint density at radius 2 is 2.00 bits per heavy atom. The van der Waals surface area contributed by atoms with Gasteiger partial charge in [0, 0.05) is 41.5 Å². The zero-order valence-corrected chi connectivity index (χ0v) is 22.3. The van der Waals surface area contributed by atoms with Gasteiger partial charge in [0.1, 0.15) is 5.75 Å². The number of nitrogens with one attached hydrogen (secondary N) is 1. The van der Waals surface area contributed by atoms with E-state index >= 15 is 0 Å². The van der Waals surface area contributed by atoms with E-state index in [2.05, 4.69) is 24.3 Å². The van der Waals surface area contributed by atoms with Crippen LogP contribution < -0.4 is 10.1 Å². The summed E-state index contributed by atoms with van der Waals surface area (Å²) in [4.78, 5) is 21.0. The number of halogens is 3. The Balaban J connectivity index is 1.68. The van der Waals surface area contributed by atoms with Crippen LogP contribution in [0.4, 0.5) is 13.2 Å². The number of benzene rings is 2. The highest BCUT2D eigenvalue weighted by Crippen LogP contribution is 2.39. The van der Waals surface area contributed by atoms with Crippen molar-refractivity contribution in [3.63, 3.8) is 0 Å². The van der Waals surface area contributed by atoms with Crippen LogP contribution in [0.1, 0.15) is 47.6 Å². The molecule has 2 aromatic heterocycles. The van der Waals surface area contributed by atoms with Crippen LogP contribution in [-0.4, -0.2) is 58.4 Å². The lowest BCUT2D eigenvalue weighted by molar-refractivity contribution is -0.137. The number of hydrogen-bond donors (Lipinski definition) is 1. The van der Waals surface area contributed by atoms with Crippen molar-refractivity contribution in [2.45, 2.75) is 38.9 Å². The minimum atomic E-state index is -4.55. The van der Waals surface area contributed by atoms with Crippen LogP contribution in [0.15, 0.2) is 42.5 Å². The Hall–Kier alpha value is -3.44. The first-order valence-electron chi connectivity index (χ1n) is 12.3. The molecular formula is C27H28F3N5O2S. The lowest BCUT2D eigenvalue weighted by atomic mass is 10.1. The van der Waals surface area contributed by atoms with Crippen molar-refractivity contribution >= 4 is 28.1 Å². The first kappa shape index (κ1) is 26.2. The quantitative estimate of drug-likeness (QED) is 0.348. The number of fused-ring (bicyclic) bond motifs is 1. The van der Waals surface area contributed by atoms with Gasteiger partial charge in [-0.2, -0.15) is 18.3 Å². The minimum absolute atomic E-state index is 0.00979. The molecule has 1 aliphatic rings. The predicted molar refractivity (Wildman–Crippen MR) is 141 cm³/mol. The van der Waals surface area contributed by atoms with Crippen molar-refractivity contribution in [2.24, 2.45) is 0 Å². The van der Waals surface area contributed by atoms with E-state index in [1.807, 2.05) is 31.2 Å². The zero-order valence-electron chi connectivity index (χ0n) is 21.5. The maximum atomic E-state index is 13.6. The maximum Gasteiger partial charge on any atom is 0.416 e. The molecule has 1 aliphatic heterocycles. The summed E-state index contributed by atoms with van der Waals surface area (Å²) in [5, 5.41) is 8.49. The standard InChI is InChI=1S/C27H28F3N5O2S/c1-15(2)24-22(17-6-5-7-19(12-17)37-4)32-26(38-24)35-21-9-8-18(27(28,29)30)13-20(21)23(33-35)25(36)34-11-10-31-16(3)14-34/h5-9,12-13,15-16,31H,10-11,14H2,1-4H3. The lowest BCUT2D eigenvalue weighted by Gasteiger charge is -2.31. The van der Waals surface area contributed by atoms with E-state index in [0.717, 1.165) is 28.3 Å². The van der Waals surface area contributed by atoms with Crippen LogP contribution in [0.5, 0.6) is 5.75 Å². The number of thiazole rings is 1. The van der Waals surface area contributed by atoms with Gasteiger partial charge in [0.05, 0.1) is 23.9 Å². The molecule has 0 aliphatic carbocycles. The second-order valence-corrected chi connectivity index (χ2v) is 10.7. The van der Waals surface area contributed by atoms with Gasteiger partial charge in [-0.25, -0.2) is 9.67 Å². The van der Waals surface area contributed by atoms with Crippen molar-refractivity contribution in [3.05, 3.63) is 58.6 Å². The number of hydrogen-bond acceptors (Lipinski definition) is 6. The van der Waals surface area contributed by atoms with E-state index in [9.17, 15) is 18.0 Å². The van der Waals surface area contributed by atoms with Crippen LogP contribution in [0.3, 0.4) is 0 Å². The van der Waals surface area contributed by atoms with Crippen LogP contribution in [0.25, 0.3) is 27.3 Å². The SMILES string of the molecule is COc1cccc(-c2nc(-n3nc(C(=O)N4CCNC(C)C4)c4cc(C(F)(F)F)ccc43)sc2C(C)C)c1. The lowest BCUT2D eigenvalue weighted by Crippen LogP contribution is -2.51. The number of ether oxygens (including phenoxy) is 1. The Morgan fingerprint density at radius 1 is 1.21 bits per heavy atom. The normalized spacial score (nSPS) is 16.4. The summed E-state index contributed by atoms with van der Waals surface area (Å²) in [6.45, 7) is 7.57. The summed E-state index contributed by atoms with van der Waals surface area (Å²) in [5.41, 5.74) is 1.16. The maximum absolute atomic E-state index is 13.6. The highest BCUT2D eigenvalue weighted by molar-refractivity contribution is 7.14. The molecule has 2 aromatic carbocycles. The molecule has 200 valence electrons.